The van der Waals surface area contributed by atoms with Gasteiger partial charge in [-0.25, -0.2) is 4.98 Å². The first-order valence-corrected chi connectivity index (χ1v) is 5.72. The summed E-state index contributed by atoms with van der Waals surface area (Å²) in [4.78, 5) is 15.0. The molecule has 1 heterocycles. The highest BCUT2D eigenvalue weighted by Gasteiger charge is 2.27. The number of carboxylic acid groups (broad SMARTS) is 1. The number of hydrogen-bond donors (Lipinski definition) is 1. The Kier molecular flexibility index (Phi) is 2.54. The zero-order chi connectivity index (χ0) is 10.1. The molecular formula is C10H13NO2S. The van der Waals surface area contributed by atoms with Crippen molar-refractivity contribution in [3.63, 3.8) is 0 Å². The molecule has 4 heteroatoms. The number of aliphatic carboxylic acids is 1. The lowest BCUT2D eigenvalue weighted by Crippen LogP contribution is -2.03. The normalized spacial score (nSPS) is 18.1. The molecular weight excluding hydrogens is 198 g/mol. The van der Waals surface area contributed by atoms with Crippen molar-refractivity contribution < 1.29 is 9.90 Å². The molecule has 1 aliphatic rings. The minimum Gasteiger partial charge on any atom is -0.481 e. The lowest BCUT2D eigenvalue weighted by Gasteiger charge is -2.03. The van der Waals surface area contributed by atoms with E-state index in [0.29, 0.717) is 5.92 Å². The van der Waals surface area contributed by atoms with Crippen molar-refractivity contribution in [2.45, 2.75) is 38.0 Å². The van der Waals surface area contributed by atoms with E-state index in [1.807, 2.05) is 12.3 Å². The van der Waals surface area contributed by atoms with Crippen LogP contribution >= 0.6 is 11.3 Å². The van der Waals surface area contributed by atoms with Crippen molar-refractivity contribution in [2.75, 3.05) is 0 Å². The molecule has 1 unspecified atom stereocenters. The van der Waals surface area contributed by atoms with E-state index in [4.69, 9.17) is 5.11 Å². The minimum absolute atomic E-state index is 0.0382. The zero-order valence-electron chi connectivity index (χ0n) is 8.06. The summed E-state index contributed by atoms with van der Waals surface area (Å²) in [7, 11) is 0. The van der Waals surface area contributed by atoms with Gasteiger partial charge in [0, 0.05) is 17.2 Å². The highest BCUT2D eigenvalue weighted by Crippen LogP contribution is 2.42. The molecule has 14 heavy (non-hydrogen) atoms. The molecule has 76 valence electrons. The number of hydrogen-bond acceptors (Lipinski definition) is 3. The van der Waals surface area contributed by atoms with Crippen LogP contribution in [0.15, 0.2) is 5.38 Å². The van der Waals surface area contributed by atoms with Gasteiger partial charge in [-0.15, -0.1) is 11.3 Å². The van der Waals surface area contributed by atoms with Gasteiger partial charge < -0.3 is 5.11 Å². The van der Waals surface area contributed by atoms with Crippen molar-refractivity contribution in [3.05, 3.63) is 16.1 Å². The van der Waals surface area contributed by atoms with Crippen LogP contribution in [-0.4, -0.2) is 16.1 Å². The topological polar surface area (TPSA) is 50.2 Å². The second kappa shape index (κ2) is 3.69. The standard InChI is InChI=1S/C10H13NO2S/c1-6(4-9(12)13)8-5-14-10(11-8)7-2-3-7/h5-7H,2-4H2,1H3,(H,12,13). The third-order valence-corrected chi connectivity index (χ3v) is 3.48. The Morgan fingerprint density at radius 2 is 2.50 bits per heavy atom. The molecule has 0 saturated heterocycles. The molecule has 1 N–H and O–H groups in total. The fraction of sp³-hybridized carbons (Fsp3) is 0.600. The van der Waals surface area contributed by atoms with Crippen molar-refractivity contribution >= 4 is 17.3 Å². The number of nitrogens with zero attached hydrogens (tertiary/aromatic N) is 1. The van der Waals surface area contributed by atoms with Gasteiger partial charge in [-0.05, 0) is 12.8 Å². The third-order valence-electron chi connectivity index (χ3n) is 2.45. The first-order valence-electron chi connectivity index (χ1n) is 4.84. The first-order chi connectivity index (χ1) is 6.66. The van der Waals surface area contributed by atoms with E-state index in [0.717, 1.165) is 5.69 Å². The number of aromatic nitrogens is 1. The third kappa shape index (κ3) is 2.12. The molecule has 0 radical (unpaired) electrons. The maximum absolute atomic E-state index is 10.5. The van der Waals surface area contributed by atoms with Crippen LogP contribution in [-0.2, 0) is 4.79 Å². The molecule has 1 aromatic rings. The fourth-order valence-electron chi connectivity index (χ4n) is 1.41. The highest BCUT2D eigenvalue weighted by atomic mass is 32.1. The fourth-order valence-corrected chi connectivity index (χ4v) is 2.52. The van der Waals surface area contributed by atoms with Crippen LogP contribution in [0.4, 0.5) is 0 Å². The van der Waals surface area contributed by atoms with Gasteiger partial charge >= 0.3 is 5.97 Å². The number of carboxylic acids is 1. The van der Waals surface area contributed by atoms with E-state index in [1.165, 1.54) is 17.8 Å². The van der Waals surface area contributed by atoms with Crippen LogP contribution in [0.1, 0.15) is 48.7 Å². The van der Waals surface area contributed by atoms with Gasteiger partial charge in [-0.3, -0.25) is 4.79 Å². The quantitative estimate of drug-likeness (QED) is 0.832. The summed E-state index contributed by atoms with van der Waals surface area (Å²) >= 11 is 1.67. The average molecular weight is 211 g/mol. The molecule has 1 saturated carbocycles. The lowest BCUT2D eigenvalue weighted by molar-refractivity contribution is -0.137. The van der Waals surface area contributed by atoms with Crippen LogP contribution in [0.5, 0.6) is 0 Å². The molecule has 3 nitrogen and oxygen atoms in total. The SMILES string of the molecule is CC(CC(=O)O)c1csc(C2CC2)n1. The maximum atomic E-state index is 10.5. The van der Waals surface area contributed by atoms with E-state index in [9.17, 15) is 4.79 Å². The Labute approximate surface area is 86.8 Å². The first kappa shape index (κ1) is 9.65. The van der Waals surface area contributed by atoms with Crippen LogP contribution < -0.4 is 0 Å². The summed E-state index contributed by atoms with van der Waals surface area (Å²) in [6, 6.07) is 0. The second-order valence-electron chi connectivity index (χ2n) is 3.88. The summed E-state index contributed by atoms with van der Waals surface area (Å²) in [6.07, 6.45) is 2.67. The average Bonchev–Trinajstić information content (AvgIpc) is 2.82. The molecule has 1 atom stereocenters. The van der Waals surface area contributed by atoms with Gasteiger partial charge in [0.25, 0.3) is 0 Å². The van der Waals surface area contributed by atoms with E-state index in [2.05, 4.69) is 4.98 Å². The van der Waals surface area contributed by atoms with E-state index >= 15 is 0 Å². The Balaban J connectivity index is 2.03. The minimum atomic E-state index is -0.751. The van der Waals surface area contributed by atoms with Gasteiger partial charge in [-0.2, -0.15) is 0 Å². The smallest absolute Gasteiger partial charge is 0.304 e. The predicted molar refractivity (Wildman–Crippen MR) is 54.8 cm³/mol. The van der Waals surface area contributed by atoms with Crippen molar-refractivity contribution in [2.24, 2.45) is 0 Å². The van der Waals surface area contributed by atoms with Crippen LogP contribution in [0, 0.1) is 0 Å². The highest BCUT2D eigenvalue weighted by molar-refractivity contribution is 7.09. The summed E-state index contributed by atoms with van der Waals surface area (Å²) in [5.74, 6) is -0.0412. The lowest BCUT2D eigenvalue weighted by atomic mass is 10.1. The zero-order valence-corrected chi connectivity index (χ0v) is 8.88. The van der Waals surface area contributed by atoms with Gasteiger partial charge in [0.15, 0.2) is 0 Å². The van der Waals surface area contributed by atoms with Crippen LogP contribution in [0.2, 0.25) is 0 Å². The van der Waals surface area contributed by atoms with E-state index in [1.54, 1.807) is 11.3 Å². The monoisotopic (exact) mass is 211 g/mol. The van der Waals surface area contributed by atoms with Gasteiger partial charge in [-0.1, -0.05) is 6.92 Å². The molecule has 0 aliphatic heterocycles. The molecule has 0 bridgehead atoms. The van der Waals surface area contributed by atoms with E-state index < -0.39 is 5.97 Å². The van der Waals surface area contributed by atoms with Gasteiger partial charge in [0.2, 0.25) is 0 Å². The molecule has 2 rings (SSSR count). The summed E-state index contributed by atoms with van der Waals surface area (Å²) < 4.78 is 0. The van der Waals surface area contributed by atoms with E-state index in [-0.39, 0.29) is 12.3 Å². The van der Waals surface area contributed by atoms with Crippen LogP contribution in [0.3, 0.4) is 0 Å². The Bertz CT molecular complexity index is 344. The largest absolute Gasteiger partial charge is 0.481 e. The predicted octanol–water partition coefficient (Wildman–Crippen LogP) is 2.60. The summed E-state index contributed by atoms with van der Waals surface area (Å²) in [5, 5.41) is 11.8. The maximum Gasteiger partial charge on any atom is 0.304 e. The molecule has 1 fully saturated rings. The van der Waals surface area contributed by atoms with Gasteiger partial charge in [0.05, 0.1) is 17.1 Å². The molecule has 0 aromatic carbocycles. The molecule has 1 aliphatic carbocycles. The van der Waals surface area contributed by atoms with Crippen molar-refractivity contribution in [1.29, 1.82) is 0 Å². The molecule has 1 aromatic heterocycles. The molecule has 0 spiro atoms. The van der Waals surface area contributed by atoms with Gasteiger partial charge in [0.1, 0.15) is 0 Å². The molecule has 0 amide bonds. The summed E-state index contributed by atoms with van der Waals surface area (Å²) in [5.41, 5.74) is 0.944. The number of thiazole rings is 1. The summed E-state index contributed by atoms with van der Waals surface area (Å²) in [6.45, 7) is 1.92. The Morgan fingerprint density at radius 3 is 3.07 bits per heavy atom. The van der Waals surface area contributed by atoms with Crippen LogP contribution in [0.25, 0.3) is 0 Å². The Morgan fingerprint density at radius 1 is 1.79 bits per heavy atom. The second-order valence-corrected chi connectivity index (χ2v) is 4.77. The van der Waals surface area contributed by atoms with Crippen molar-refractivity contribution in [3.8, 4) is 0 Å². The number of rotatable bonds is 4. The number of carbonyl (C=O) groups is 1. The van der Waals surface area contributed by atoms with Crippen molar-refractivity contribution in [1.82, 2.24) is 4.98 Å². The Hall–Kier alpha value is -0.900.